The van der Waals surface area contributed by atoms with Gasteiger partial charge in [-0.05, 0) is 43.6 Å². The van der Waals surface area contributed by atoms with Crippen LogP contribution in [-0.4, -0.2) is 33.2 Å². The molecule has 0 saturated heterocycles. The fourth-order valence-corrected chi connectivity index (χ4v) is 6.11. The summed E-state index contributed by atoms with van der Waals surface area (Å²) in [4.78, 5) is 25.3. The number of ether oxygens (including phenoxy) is 2. The molecule has 1 aliphatic carbocycles. The van der Waals surface area contributed by atoms with Crippen LogP contribution in [0, 0.1) is 17.3 Å². The van der Waals surface area contributed by atoms with Gasteiger partial charge in [0.1, 0.15) is 0 Å². The number of hydrogen-bond donors (Lipinski definition) is 0. The summed E-state index contributed by atoms with van der Waals surface area (Å²) in [5.74, 6) is -0.0892. The van der Waals surface area contributed by atoms with Crippen LogP contribution in [0.3, 0.4) is 0 Å². The minimum absolute atomic E-state index is 0.293. The monoisotopic (exact) mass is 356 g/mol. The summed E-state index contributed by atoms with van der Waals surface area (Å²) in [5, 5.41) is 0.297. The lowest BCUT2D eigenvalue weighted by Crippen LogP contribution is -2.41. The van der Waals surface area contributed by atoms with Crippen molar-refractivity contribution < 1.29 is 19.1 Å². The lowest BCUT2D eigenvalue weighted by Gasteiger charge is -2.39. The first kappa shape index (κ1) is 21.2. The zero-order valence-electron chi connectivity index (χ0n) is 16.8. The zero-order valence-corrected chi connectivity index (χ0v) is 17.8. The summed E-state index contributed by atoms with van der Waals surface area (Å²) < 4.78 is 10.5. The fourth-order valence-electron chi connectivity index (χ4n) is 3.64. The maximum atomic E-state index is 12.6. The van der Waals surface area contributed by atoms with Gasteiger partial charge in [0.2, 0.25) is 0 Å². The third-order valence-corrected chi connectivity index (χ3v) is 11.8. The summed E-state index contributed by atoms with van der Waals surface area (Å²) >= 11 is 0. The minimum Gasteiger partial charge on any atom is -0.465 e. The lowest BCUT2D eigenvalue weighted by molar-refractivity contribution is -0.172. The first-order chi connectivity index (χ1) is 10.9. The van der Waals surface area contributed by atoms with Gasteiger partial charge in [0, 0.05) is 0 Å². The number of esters is 2. The summed E-state index contributed by atoms with van der Waals surface area (Å²) in [7, 11) is -1.49. The topological polar surface area (TPSA) is 52.6 Å². The predicted molar refractivity (Wildman–Crippen MR) is 99.6 cm³/mol. The van der Waals surface area contributed by atoms with Crippen molar-refractivity contribution in [3.8, 4) is 0 Å². The summed E-state index contributed by atoms with van der Waals surface area (Å²) in [5.41, 5.74) is -1.10. The van der Waals surface area contributed by atoms with Crippen LogP contribution < -0.4 is 0 Å². The highest BCUT2D eigenvalue weighted by atomic mass is 28.3. The Labute approximate surface area is 148 Å². The van der Waals surface area contributed by atoms with Gasteiger partial charge in [0.25, 0.3) is 0 Å². The number of carbonyl (C=O) groups excluding carboxylic acids is 2. The SMILES string of the molecule is CCOC(=O)C1(C(=O)OCC)CC(C)C(C[Si](C)(C)C(C)(C)C)C1. The first-order valence-electron chi connectivity index (χ1n) is 9.25. The van der Waals surface area contributed by atoms with E-state index in [9.17, 15) is 9.59 Å². The maximum absolute atomic E-state index is 12.6. The number of carbonyl (C=O) groups is 2. The molecule has 0 aromatic rings. The van der Waals surface area contributed by atoms with Gasteiger partial charge >= 0.3 is 11.9 Å². The van der Waals surface area contributed by atoms with Crippen molar-refractivity contribution >= 4 is 20.0 Å². The molecule has 0 aromatic heterocycles. The molecule has 1 fully saturated rings. The van der Waals surface area contributed by atoms with E-state index in [1.807, 2.05) is 0 Å². The van der Waals surface area contributed by atoms with Gasteiger partial charge in [-0.3, -0.25) is 9.59 Å². The van der Waals surface area contributed by atoms with Crippen molar-refractivity contribution in [3.63, 3.8) is 0 Å². The van der Waals surface area contributed by atoms with Crippen LogP contribution in [0.15, 0.2) is 0 Å². The van der Waals surface area contributed by atoms with E-state index in [2.05, 4.69) is 40.8 Å². The molecule has 2 unspecified atom stereocenters. The molecule has 1 rings (SSSR count). The average Bonchev–Trinajstić information content (AvgIpc) is 2.76. The van der Waals surface area contributed by atoms with Crippen LogP contribution in [0.5, 0.6) is 0 Å². The Hall–Kier alpha value is -0.843. The van der Waals surface area contributed by atoms with Crippen molar-refractivity contribution in [1.82, 2.24) is 0 Å². The van der Waals surface area contributed by atoms with E-state index < -0.39 is 25.4 Å². The second-order valence-electron chi connectivity index (χ2n) is 9.01. The van der Waals surface area contributed by atoms with E-state index in [1.165, 1.54) is 0 Å². The third-order valence-electron chi connectivity index (χ3n) is 6.22. The molecule has 0 radical (unpaired) electrons. The smallest absolute Gasteiger partial charge is 0.323 e. The lowest BCUT2D eigenvalue weighted by atomic mass is 9.85. The average molecular weight is 357 g/mol. The van der Waals surface area contributed by atoms with Gasteiger partial charge in [-0.15, -0.1) is 0 Å². The van der Waals surface area contributed by atoms with E-state index in [-0.39, 0.29) is 0 Å². The molecule has 0 aromatic carbocycles. The van der Waals surface area contributed by atoms with Crippen LogP contribution in [0.1, 0.15) is 54.4 Å². The zero-order chi connectivity index (χ0) is 18.8. The Morgan fingerprint density at radius 1 is 1.04 bits per heavy atom. The highest BCUT2D eigenvalue weighted by Gasteiger charge is 2.57. The number of rotatable bonds is 6. The van der Waals surface area contributed by atoms with E-state index in [4.69, 9.17) is 9.47 Å². The fraction of sp³-hybridized carbons (Fsp3) is 0.895. The quantitative estimate of drug-likeness (QED) is 0.395. The van der Waals surface area contributed by atoms with E-state index in [0.717, 1.165) is 6.04 Å². The second kappa shape index (κ2) is 7.59. The first-order valence-corrected chi connectivity index (χ1v) is 12.5. The second-order valence-corrected chi connectivity index (χ2v) is 14.7. The van der Waals surface area contributed by atoms with E-state index in [0.29, 0.717) is 42.9 Å². The molecule has 1 aliphatic rings. The standard InChI is InChI=1S/C19H36O4Si/c1-9-22-16(20)19(17(21)23-10-2)11-14(3)15(12-19)13-24(7,8)18(4,5)6/h14-15H,9-13H2,1-8H3. The van der Waals surface area contributed by atoms with Gasteiger partial charge in [-0.1, -0.05) is 46.8 Å². The largest absolute Gasteiger partial charge is 0.465 e. The molecular weight excluding hydrogens is 320 g/mol. The Morgan fingerprint density at radius 2 is 1.50 bits per heavy atom. The van der Waals surface area contributed by atoms with Crippen LogP contribution in [0.2, 0.25) is 24.2 Å². The highest BCUT2D eigenvalue weighted by molar-refractivity contribution is 6.80. The molecule has 0 heterocycles. The third kappa shape index (κ3) is 4.22. The van der Waals surface area contributed by atoms with Crippen LogP contribution in [0.25, 0.3) is 0 Å². The molecule has 0 bridgehead atoms. The molecule has 0 N–H and O–H groups in total. The van der Waals surface area contributed by atoms with Crippen molar-refractivity contribution in [2.75, 3.05) is 13.2 Å². The molecule has 2 atom stereocenters. The molecular formula is C19H36O4Si. The van der Waals surface area contributed by atoms with E-state index in [1.54, 1.807) is 13.8 Å². The van der Waals surface area contributed by atoms with Gasteiger partial charge < -0.3 is 9.47 Å². The molecule has 140 valence electrons. The molecule has 4 nitrogen and oxygen atoms in total. The summed E-state index contributed by atoms with van der Waals surface area (Å²) in [6, 6.07) is 1.12. The van der Waals surface area contributed by atoms with Crippen molar-refractivity contribution in [2.45, 2.75) is 78.6 Å². The normalized spacial score (nSPS) is 23.8. The van der Waals surface area contributed by atoms with Gasteiger partial charge in [-0.25, -0.2) is 0 Å². The van der Waals surface area contributed by atoms with Crippen molar-refractivity contribution in [2.24, 2.45) is 17.3 Å². The predicted octanol–water partition coefficient (Wildman–Crippen LogP) is 4.65. The maximum Gasteiger partial charge on any atom is 0.323 e. The summed E-state index contributed by atoms with van der Waals surface area (Å²) in [6.45, 7) is 18.1. The molecule has 5 heteroatoms. The highest BCUT2D eigenvalue weighted by Crippen LogP contribution is 2.52. The summed E-state index contributed by atoms with van der Waals surface area (Å²) in [6.07, 6.45) is 1.11. The minimum atomic E-state index is -1.49. The Balaban J connectivity index is 3.07. The molecule has 0 spiro atoms. The molecule has 1 saturated carbocycles. The van der Waals surface area contributed by atoms with Gasteiger partial charge in [0.05, 0.1) is 21.3 Å². The Bertz CT molecular complexity index is 446. The Kier molecular flexibility index (Phi) is 6.70. The molecule has 0 aliphatic heterocycles. The van der Waals surface area contributed by atoms with Crippen molar-refractivity contribution in [1.29, 1.82) is 0 Å². The van der Waals surface area contributed by atoms with Gasteiger partial charge in [-0.2, -0.15) is 0 Å². The van der Waals surface area contributed by atoms with Crippen molar-refractivity contribution in [3.05, 3.63) is 0 Å². The molecule has 24 heavy (non-hydrogen) atoms. The van der Waals surface area contributed by atoms with Crippen LogP contribution in [0.4, 0.5) is 0 Å². The van der Waals surface area contributed by atoms with E-state index >= 15 is 0 Å². The van der Waals surface area contributed by atoms with Crippen LogP contribution >= 0.6 is 0 Å². The molecule has 0 amide bonds. The Morgan fingerprint density at radius 3 is 1.88 bits per heavy atom. The number of hydrogen-bond acceptors (Lipinski definition) is 4. The van der Waals surface area contributed by atoms with Gasteiger partial charge in [0.15, 0.2) is 5.41 Å². The van der Waals surface area contributed by atoms with Crippen LogP contribution in [-0.2, 0) is 19.1 Å².